The summed E-state index contributed by atoms with van der Waals surface area (Å²) in [7, 11) is 0. The molecular weight excluding hydrogens is 689 g/mol. The Kier molecular flexibility index (Phi) is 7.16. The van der Waals surface area contributed by atoms with E-state index in [4.69, 9.17) is 0 Å². The average molecular weight is 737 g/mol. The molecular formula is C55H48N2. The number of rotatable bonds is 4. The van der Waals surface area contributed by atoms with Crippen molar-refractivity contribution in [3.8, 4) is 11.1 Å². The third kappa shape index (κ3) is 5.02. The van der Waals surface area contributed by atoms with Crippen LogP contribution in [0.5, 0.6) is 0 Å². The lowest BCUT2D eigenvalue weighted by molar-refractivity contribution is 0.467. The minimum absolute atomic E-state index is 0.130. The number of anilines is 4. The second-order valence-corrected chi connectivity index (χ2v) is 18.3. The fourth-order valence-corrected chi connectivity index (χ4v) is 10.5. The van der Waals surface area contributed by atoms with Crippen molar-refractivity contribution in [3.63, 3.8) is 0 Å². The zero-order chi connectivity index (χ0) is 38.8. The topological polar surface area (TPSA) is 6.48 Å². The van der Waals surface area contributed by atoms with E-state index >= 15 is 0 Å². The lowest BCUT2D eigenvalue weighted by atomic mass is 9.77. The van der Waals surface area contributed by atoms with Gasteiger partial charge in [0.05, 0.1) is 5.54 Å². The standard InChI is InChI=1S/C55H48N2/c1-53(2)31-32-56(50-14-10-8-12-45(50)53)49-28-22-39-20-25-41-36(18-19-38-21-26-44(49)52(39)51(38)41)17-15-35-16-24-42-43-27-23-40(34-47(43)55(5,6)46(42)33-35)57-48-13-9-7-11-37(48)29-30-54(57,3)4/h7-30,33-34H,31-32H2,1-6H3/b17-15+. The highest BCUT2D eigenvalue weighted by molar-refractivity contribution is 6.26. The quantitative estimate of drug-likeness (QED) is 0.131. The van der Waals surface area contributed by atoms with Crippen LogP contribution in [0.25, 0.3) is 61.7 Å². The van der Waals surface area contributed by atoms with Gasteiger partial charge in [0, 0.05) is 40.1 Å². The average Bonchev–Trinajstić information content (AvgIpc) is 3.44. The second kappa shape index (κ2) is 11.9. The molecule has 8 aromatic rings. The number of fused-ring (bicyclic) bond motifs is 5. The van der Waals surface area contributed by atoms with Gasteiger partial charge in [0.15, 0.2) is 0 Å². The zero-order valence-corrected chi connectivity index (χ0v) is 33.8. The molecule has 0 saturated carbocycles. The number of benzene rings is 8. The molecule has 0 saturated heterocycles. The van der Waals surface area contributed by atoms with Gasteiger partial charge in [0.1, 0.15) is 0 Å². The van der Waals surface area contributed by atoms with Gasteiger partial charge in [0.25, 0.3) is 0 Å². The van der Waals surface area contributed by atoms with Crippen molar-refractivity contribution in [2.24, 2.45) is 0 Å². The van der Waals surface area contributed by atoms with Gasteiger partial charge in [-0.15, -0.1) is 0 Å². The molecule has 0 N–H and O–H groups in total. The SMILES string of the molecule is CC1(C)CCN(c2ccc3ccc4c(/C=C/c5ccc6c(c5)C(C)(C)c5cc(N7c8ccccc8C=CC7(C)C)ccc5-6)ccc5ccc2c3c54)c2ccccc21. The number of para-hydroxylation sites is 2. The summed E-state index contributed by atoms with van der Waals surface area (Å²) >= 11 is 0. The van der Waals surface area contributed by atoms with Gasteiger partial charge in [-0.1, -0.05) is 155 Å². The minimum Gasteiger partial charge on any atom is -0.341 e. The summed E-state index contributed by atoms with van der Waals surface area (Å²) in [5.41, 5.74) is 15.7. The summed E-state index contributed by atoms with van der Waals surface area (Å²) in [5, 5.41) is 7.94. The first-order valence-corrected chi connectivity index (χ1v) is 20.6. The molecule has 8 aromatic carbocycles. The predicted molar refractivity (Wildman–Crippen MR) is 246 cm³/mol. The van der Waals surface area contributed by atoms with Crippen LogP contribution < -0.4 is 9.80 Å². The summed E-state index contributed by atoms with van der Waals surface area (Å²) in [6.45, 7) is 15.2. The Bertz CT molecular complexity index is 3010. The van der Waals surface area contributed by atoms with Gasteiger partial charge >= 0.3 is 0 Å². The van der Waals surface area contributed by atoms with Crippen molar-refractivity contribution < 1.29 is 0 Å². The molecule has 0 unspecified atom stereocenters. The molecule has 3 aliphatic rings. The Morgan fingerprint density at radius 3 is 2.04 bits per heavy atom. The molecule has 57 heavy (non-hydrogen) atoms. The smallest absolute Gasteiger partial charge is 0.0580 e. The van der Waals surface area contributed by atoms with Crippen molar-refractivity contribution in [2.45, 2.75) is 64.3 Å². The molecule has 0 amide bonds. The van der Waals surface area contributed by atoms with E-state index < -0.39 is 0 Å². The molecule has 0 spiro atoms. The highest BCUT2D eigenvalue weighted by Crippen LogP contribution is 2.52. The molecule has 2 heterocycles. The molecule has 0 bridgehead atoms. The summed E-state index contributed by atoms with van der Waals surface area (Å²) in [6, 6.07) is 50.5. The van der Waals surface area contributed by atoms with Crippen LogP contribution >= 0.6 is 0 Å². The highest BCUT2D eigenvalue weighted by Gasteiger charge is 2.38. The van der Waals surface area contributed by atoms with E-state index in [1.54, 1.807) is 0 Å². The van der Waals surface area contributed by atoms with Gasteiger partial charge in [-0.05, 0) is 127 Å². The zero-order valence-electron chi connectivity index (χ0n) is 33.8. The summed E-state index contributed by atoms with van der Waals surface area (Å²) in [6.07, 6.45) is 10.4. The molecule has 2 aliphatic heterocycles. The Labute approximate surface area is 336 Å². The largest absolute Gasteiger partial charge is 0.341 e. The van der Waals surface area contributed by atoms with E-state index in [2.05, 4.69) is 209 Å². The fourth-order valence-electron chi connectivity index (χ4n) is 10.5. The van der Waals surface area contributed by atoms with Crippen molar-refractivity contribution in [1.29, 1.82) is 0 Å². The number of hydrogen-bond donors (Lipinski definition) is 0. The Hall–Kier alpha value is -6.12. The summed E-state index contributed by atoms with van der Waals surface area (Å²) < 4.78 is 0. The lowest BCUT2D eigenvalue weighted by Crippen LogP contribution is -2.40. The maximum Gasteiger partial charge on any atom is 0.0580 e. The summed E-state index contributed by atoms with van der Waals surface area (Å²) in [4.78, 5) is 5.06. The van der Waals surface area contributed by atoms with Crippen LogP contribution in [0.15, 0.2) is 140 Å². The first-order chi connectivity index (χ1) is 27.5. The molecule has 0 radical (unpaired) electrons. The van der Waals surface area contributed by atoms with E-state index in [1.807, 2.05) is 0 Å². The van der Waals surface area contributed by atoms with Crippen LogP contribution in [0.2, 0.25) is 0 Å². The molecule has 2 nitrogen and oxygen atoms in total. The lowest BCUT2D eigenvalue weighted by Gasteiger charge is -2.42. The van der Waals surface area contributed by atoms with Gasteiger partial charge in [0.2, 0.25) is 0 Å². The molecule has 278 valence electrons. The first kappa shape index (κ1) is 34.2. The van der Waals surface area contributed by atoms with Gasteiger partial charge < -0.3 is 9.80 Å². The van der Waals surface area contributed by atoms with Crippen molar-refractivity contribution in [3.05, 3.63) is 173 Å². The minimum atomic E-state index is -0.138. The van der Waals surface area contributed by atoms with Crippen LogP contribution in [0.1, 0.15) is 81.3 Å². The molecule has 0 aromatic heterocycles. The van der Waals surface area contributed by atoms with Crippen LogP contribution in [-0.2, 0) is 10.8 Å². The third-order valence-corrected chi connectivity index (χ3v) is 13.7. The first-order valence-electron chi connectivity index (χ1n) is 20.6. The van der Waals surface area contributed by atoms with E-state index in [0.717, 1.165) is 13.0 Å². The highest BCUT2D eigenvalue weighted by atomic mass is 15.2. The van der Waals surface area contributed by atoms with Crippen molar-refractivity contribution >= 4 is 73.3 Å². The van der Waals surface area contributed by atoms with Crippen LogP contribution in [0.4, 0.5) is 22.7 Å². The molecule has 11 rings (SSSR count). The molecule has 1 aliphatic carbocycles. The normalized spacial score (nSPS) is 17.4. The number of hydrogen-bond acceptors (Lipinski definition) is 2. The Morgan fingerprint density at radius 2 is 1.21 bits per heavy atom. The van der Waals surface area contributed by atoms with E-state index in [-0.39, 0.29) is 16.4 Å². The van der Waals surface area contributed by atoms with Crippen LogP contribution in [-0.4, -0.2) is 12.1 Å². The van der Waals surface area contributed by atoms with E-state index in [9.17, 15) is 0 Å². The fraction of sp³-hybridized carbons (Fsp3) is 0.200. The molecule has 0 fully saturated rings. The second-order valence-electron chi connectivity index (χ2n) is 18.3. The maximum absolute atomic E-state index is 2.56. The van der Waals surface area contributed by atoms with Gasteiger partial charge in [-0.3, -0.25) is 0 Å². The van der Waals surface area contributed by atoms with E-state index in [0.29, 0.717) is 0 Å². The van der Waals surface area contributed by atoms with Crippen molar-refractivity contribution in [2.75, 3.05) is 16.3 Å². The predicted octanol–water partition coefficient (Wildman–Crippen LogP) is 14.8. The van der Waals surface area contributed by atoms with Crippen LogP contribution in [0, 0.1) is 0 Å². The monoisotopic (exact) mass is 736 g/mol. The summed E-state index contributed by atoms with van der Waals surface area (Å²) in [5.74, 6) is 0. The Morgan fingerprint density at radius 1 is 0.544 bits per heavy atom. The molecule has 2 heteroatoms. The number of nitrogens with zero attached hydrogens (tertiary/aromatic N) is 2. The third-order valence-electron chi connectivity index (χ3n) is 13.7. The van der Waals surface area contributed by atoms with Crippen LogP contribution in [0.3, 0.4) is 0 Å². The van der Waals surface area contributed by atoms with E-state index in [1.165, 1.54) is 99.6 Å². The van der Waals surface area contributed by atoms with Gasteiger partial charge in [-0.25, -0.2) is 0 Å². The Balaban J connectivity index is 0.957. The van der Waals surface area contributed by atoms with Crippen molar-refractivity contribution in [1.82, 2.24) is 0 Å². The molecule has 0 atom stereocenters. The van der Waals surface area contributed by atoms with Gasteiger partial charge in [-0.2, -0.15) is 0 Å². The maximum atomic E-state index is 2.56.